The van der Waals surface area contributed by atoms with Gasteiger partial charge in [0.25, 0.3) is 0 Å². The van der Waals surface area contributed by atoms with E-state index in [1.807, 2.05) is 42.5 Å². The van der Waals surface area contributed by atoms with E-state index in [1.165, 1.54) is 0 Å². The highest BCUT2D eigenvalue weighted by Gasteiger charge is 2.24. The van der Waals surface area contributed by atoms with E-state index in [0.717, 1.165) is 23.1 Å². The molecule has 0 spiro atoms. The molecule has 8 heteroatoms. The van der Waals surface area contributed by atoms with Crippen molar-refractivity contribution in [3.8, 4) is 0 Å². The maximum Gasteiger partial charge on any atom is 0.244 e. The van der Waals surface area contributed by atoms with E-state index < -0.39 is 6.10 Å². The number of nitrogens with zero attached hydrogens (tertiary/aromatic N) is 3. The summed E-state index contributed by atoms with van der Waals surface area (Å²) in [5, 5.41) is 15.6. The largest absolute Gasteiger partial charge is 0.392 e. The molecule has 1 atom stereocenters. The van der Waals surface area contributed by atoms with Gasteiger partial charge < -0.3 is 25.2 Å². The molecule has 2 aromatic carbocycles. The first-order valence-corrected chi connectivity index (χ1v) is 10.1. The molecule has 4 rings (SSSR count). The van der Waals surface area contributed by atoms with Crippen molar-refractivity contribution in [3.63, 3.8) is 0 Å². The van der Waals surface area contributed by atoms with Crippen molar-refractivity contribution in [2.45, 2.75) is 32.4 Å². The third kappa shape index (κ3) is 4.13. The molecule has 156 valence electrons. The summed E-state index contributed by atoms with van der Waals surface area (Å²) < 4.78 is 1.79. The highest BCUT2D eigenvalue weighted by molar-refractivity contribution is 6.02. The lowest BCUT2D eigenvalue weighted by Gasteiger charge is -2.20. The van der Waals surface area contributed by atoms with E-state index in [1.54, 1.807) is 22.5 Å². The Bertz CT molecular complexity index is 1080. The standard InChI is InChI=1S/C22H25N5O3/c1-15(28)13-23-22-25-17-8-3-5-10-19(17)27(22)14-20(29)24-16-7-2-4-9-18(16)26-12-6-11-21(26)30/h2-5,7-10,15,28H,6,11-14H2,1H3,(H,23,25)(H,24,29). The Morgan fingerprint density at radius 3 is 2.73 bits per heavy atom. The zero-order valence-electron chi connectivity index (χ0n) is 16.8. The van der Waals surface area contributed by atoms with Gasteiger partial charge in [-0.05, 0) is 37.6 Å². The third-order valence-corrected chi connectivity index (χ3v) is 5.05. The summed E-state index contributed by atoms with van der Waals surface area (Å²) in [6.45, 7) is 2.71. The quantitative estimate of drug-likeness (QED) is 0.559. The molecule has 0 aliphatic carbocycles. The number of aliphatic hydroxyl groups excluding tert-OH is 1. The third-order valence-electron chi connectivity index (χ3n) is 5.05. The minimum Gasteiger partial charge on any atom is -0.392 e. The van der Waals surface area contributed by atoms with Crippen LogP contribution in [0.4, 0.5) is 17.3 Å². The number of aliphatic hydroxyl groups is 1. The summed E-state index contributed by atoms with van der Waals surface area (Å²) in [6.07, 6.45) is 0.805. The number of aromatic nitrogens is 2. The second-order valence-corrected chi connectivity index (χ2v) is 7.45. The molecule has 2 amide bonds. The lowest BCUT2D eigenvalue weighted by molar-refractivity contribution is -0.117. The molecule has 1 fully saturated rings. The number of rotatable bonds is 7. The van der Waals surface area contributed by atoms with E-state index in [4.69, 9.17) is 0 Å². The highest BCUT2D eigenvalue weighted by Crippen LogP contribution is 2.29. The van der Waals surface area contributed by atoms with Crippen molar-refractivity contribution in [2.75, 3.05) is 28.6 Å². The van der Waals surface area contributed by atoms with Crippen LogP contribution in [0.15, 0.2) is 48.5 Å². The molecule has 0 saturated carbocycles. The van der Waals surface area contributed by atoms with Crippen LogP contribution in [0.2, 0.25) is 0 Å². The molecule has 3 N–H and O–H groups in total. The van der Waals surface area contributed by atoms with Crippen molar-refractivity contribution in [2.24, 2.45) is 0 Å². The first kappa shape index (κ1) is 19.9. The average molecular weight is 407 g/mol. The topological polar surface area (TPSA) is 99.5 Å². The van der Waals surface area contributed by atoms with E-state index in [0.29, 0.717) is 31.1 Å². The van der Waals surface area contributed by atoms with Gasteiger partial charge >= 0.3 is 0 Å². The van der Waals surface area contributed by atoms with E-state index >= 15 is 0 Å². The SMILES string of the molecule is CC(O)CNc1nc2ccccc2n1CC(=O)Nc1ccccc1N1CCCC1=O. The number of imidazole rings is 1. The summed E-state index contributed by atoms with van der Waals surface area (Å²) in [5.74, 6) is 0.370. The van der Waals surface area contributed by atoms with Gasteiger partial charge in [0.15, 0.2) is 0 Å². The summed E-state index contributed by atoms with van der Waals surface area (Å²) in [5.41, 5.74) is 2.92. The number of carbonyl (C=O) groups excluding carboxylic acids is 2. The van der Waals surface area contributed by atoms with Crippen LogP contribution in [0.5, 0.6) is 0 Å². The Morgan fingerprint density at radius 2 is 1.97 bits per heavy atom. The van der Waals surface area contributed by atoms with Gasteiger partial charge in [-0.25, -0.2) is 4.98 Å². The molecule has 30 heavy (non-hydrogen) atoms. The molecule has 2 heterocycles. The van der Waals surface area contributed by atoms with Crippen LogP contribution in [0.25, 0.3) is 11.0 Å². The molecule has 1 aromatic heterocycles. The monoisotopic (exact) mass is 407 g/mol. The number of hydrogen-bond acceptors (Lipinski definition) is 5. The first-order valence-electron chi connectivity index (χ1n) is 10.1. The number of fused-ring (bicyclic) bond motifs is 1. The lowest BCUT2D eigenvalue weighted by Crippen LogP contribution is -2.27. The Balaban J connectivity index is 1.57. The number of amides is 2. The van der Waals surface area contributed by atoms with Crippen LogP contribution in [0.3, 0.4) is 0 Å². The molecule has 0 bridgehead atoms. The smallest absolute Gasteiger partial charge is 0.244 e. The number of hydrogen-bond donors (Lipinski definition) is 3. The fraction of sp³-hybridized carbons (Fsp3) is 0.318. The van der Waals surface area contributed by atoms with Crippen LogP contribution < -0.4 is 15.5 Å². The number of para-hydroxylation sites is 4. The van der Waals surface area contributed by atoms with Crippen molar-refractivity contribution in [3.05, 3.63) is 48.5 Å². The Hall–Kier alpha value is -3.39. The molecule has 1 aliphatic rings. The van der Waals surface area contributed by atoms with Gasteiger partial charge in [-0.1, -0.05) is 24.3 Å². The second kappa shape index (κ2) is 8.54. The fourth-order valence-electron chi connectivity index (χ4n) is 3.66. The van der Waals surface area contributed by atoms with Gasteiger partial charge in [-0.3, -0.25) is 9.59 Å². The fourth-order valence-corrected chi connectivity index (χ4v) is 3.66. The molecule has 8 nitrogen and oxygen atoms in total. The van der Waals surface area contributed by atoms with Crippen LogP contribution in [-0.4, -0.2) is 45.7 Å². The highest BCUT2D eigenvalue weighted by atomic mass is 16.3. The lowest BCUT2D eigenvalue weighted by atomic mass is 10.2. The molecular formula is C22H25N5O3. The molecular weight excluding hydrogens is 382 g/mol. The maximum absolute atomic E-state index is 12.9. The summed E-state index contributed by atoms with van der Waals surface area (Å²) in [6, 6.07) is 14.9. The van der Waals surface area contributed by atoms with Gasteiger partial charge in [0, 0.05) is 19.5 Å². The van der Waals surface area contributed by atoms with Gasteiger partial charge in [0.1, 0.15) is 6.54 Å². The number of anilines is 3. The molecule has 3 aromatic rings. The molecule has 1 saturated heterocycles. The predicted octanol–water partition coefficient (Wildman–Crippen LogP) is 2.59. The Morgan fingerprint density at radius 1 is 1.20 bits per heavy atom. The normalized spacial score (nSPS) is 14.9. The Labute approximate surface area is 174 Å². The van der Waals surface area contributed by atoms with Crippen molar-refractivity contribution in [1.29, 1.82) is 0 Å². The van der Waals surface area contributed by atoms with Gasteiger partial charge in [0.2, 0.25) is 17.8 Å². The second-order valence-electron chi connectivity index (χ2n) is 7.45. The summed E-state index contributed by atoms with van der Waals surface area (Å²) in [4.78, 5) is 31.3. The minimum atomic E-state index is -0.544. The van der Waals surface area contributed by atoms with Crippen molar-refractivity contribution in [1.82, 2.24) is 9.55 Å². The van der Waals surface area contributed by atoms with E-state index in [-0.39, 0.29) is 18.4 Å². The average Bonchev–Trinajstić information content (AvgIpc) is 3.30. The van der Waals surface area contributed by atoms with Crippen molar-refractivity contribution < 1.29 is 14.7 Å². The molecule has 1 aliphatic heterocycles. The van der Waals surface area contributed by atoms with Crippen LogP contribution in [-0.2, 0) is 16.1 Å². The molecule has 0 radical (unpaired) electrons. The van der Waals surface area contributed by atoms with E-state index in [2.05, 4.69) is 15.6 Å². The van der Waals surface area contributed by atoms with Crippen LogP contribution in [0.1, 0.15) is 19.8 Å². The van der Waals surface area contributed by atoms with E-state index in [9.17, 15) is 14.7 Å². The van der Waals surface area contributed by atoms with Crippen LogP contribution in [0, 0.1) is 0 Å². The zero-order valence-corrected chi connectivity index (χ0v) is 16.8. The number of nitrogens with one attached hydrogen (secondary N) is 2. The maximum atomic E-state index is 12.9. The van der Waals surface area contributed by atoms with Gasteiger partial charge in [-0.15, -0.1) is 0 Å². The summed E-state index contributed by atoms with van der Waals surface area (Å²) >= 11 is 0. The Kier molecular flexibility index (Phi) is 5.67. The van der Waals surface area contributed by atoms with Crippen molar-refractivity contribution >= 4 is 40.2 Å². The number of carbonyl (C=O) groups is 2. The molecule has 1 unspecified atom stereocenters. The minimum absolute atomic E-state index is 0.0466. The van der Waals surface area contributed by atoms with Crippen LogP contribution >= 0.6 is 0 Å². The first-order chi connectivity index (χ1) is 14.5. The predicted molar refractivity (Wildman–Crippen MR) is 117 cm³/mol. The zero-order chi connectivity index (χ0) is 21.1. The summed E-state index contributed by atoms with van der Waals surface area (Å²) in [7, 11) is 0. The van der Waals surface area contributed by atoms with Gasteiger partial charge in [-0.2, -0.15) is 0 Å². The van der Waals surface area contributed by atoms with Gasteiger partial charge in [0.05, 0.1) is 28.5 Å². The number of benzene rings is 2.